The number of piperidine rings is 1. The number of carbonyl (C=O) groups excluding carboxylic acids is 1. The molecule has 2 saturated heterocycles. The SMILES string of the molecule is Cc1nc2cc(C(F)(F)F)c(C(C)Nc3ccc(C(=O)N4CCCC5(COC5)C4)cc3)cc2c(=O)[nH]1. The zero-order valence-corrected chi connectivity index (χ0v) is 20.0. The number of H-pyrrole nitrogens is 1. The first-order valence-corrected chi connectivity index (χ1v) is 11.9. The number of hydrogen-bond acceptors (Lipinski definition) is 5. The van der Waals surface area contributed by atoms with E-state index in [0.29, 0.717) is 37.6 Å². The van der Waals surface area contributed by atoms with Crippen LogP contribution >= 0.6 is 0 Å². The van der Waals surface area contributed by atoms with Gasteiger partial charge in [-0.1, -0.05) is 0 Å². The highest BCUT2D eigenvalue weighted by Crippen LogP contribution is 2.38. The number of anilines is 1. The summed E-state index contributed by atoms with van der Waals surface area (Å²) >= 11 is 0. The summed E-state index contributed by atoms with van der Waals surface area (Å²) in [4.78, 5) is 33.8. The highest BCUT2D eigenvalue weighted by molar-refractivity contribution is 5.94. The number of aryl methyl sites for hydroxylation is 1. The predicted molar refractivity (Wildman–Crippen MR) is 129 cm³/mol. The molecule has 36 heavy (non-hydrogen) atoms. The van der Waals surface area contributed by atoms with Gasteiger partial charge in [-0.3, -0.25) is 9.59 Å². The lowest BCUT2D eigenvalue weighted by Gasteiger charge is -2.48. The van der Waals surface area contributed by atoms with Crippen molar-refractivity contribution in [1.82, 2.24) is 14.9 Å². The van der Waals surface area contributed by atoms with Crippen LogP contribution < -0.4 is 10.9 Å². The molecule has 5 rings (SSSR count). The predicted octanol–water partition coefficient (Wildman–Crippen LogP) is 4.68. The summed E-state index contributed by atoms with van der Waals surface area (Å²) in [5.41, 5.74) is -0.237. The first kappa shape index (κ1) is 24.3. The Morgan fingerprint density at radius 2 is 1.94 bits per heavy atom. The molecule has 1 aromatic heterocycles. The number of benzene rings is 2. The second kappa shape index (κ2) is 8.92. The van der Waals surface area contributed by atoms with E-state index in [-0.39, 0.29) is 33.6 Å². The lowest BCUT2D eigenvalue weighted by molar-refractivity contribution is -0.138. The molecule has 0 radical (unpaired) electrons. The van der Waals surface area contributed by atoms with E-state index >= 15 is 0 Å². The second-order valence-electron chi connectivity index (χ2n) is 9.87. The molecule has 2 aliphatic heterocycles. The molecule has 3 aromatic rings. The van der Waals surface area contributed by atoms with E-state index in [1.165, 1.54) is 13.0 Å². The Balaban J connectivity index is 1.37. The fourth-order valence-corrected chi connectivity index (χ4v) is 5.15. The third-order valence-corrected chi connectivity index (χ3v) is 7.05. The van der Waals surface area contributed by atoms with Crippen LogP contribution in [0.5, 0.6) is 0 Å². The molecule has 1 unspecified atom stereocenters. The molecule has 0 aliphatic carbocycles. The van der Waals surface area contributed by atoms with Gasteiger partial charge in [0, 0.05) is 35.8 Å². The van der Waals surface area contributed by atoms with E-state index in [1.54, 1.807) is 31.2 Å². The Morgan fingerprint density at radius 1 is 1.22 bits per heavy atom. The van der Waals surface area contributed by atoms with Crippen molar-refractivity contribution in [3.05, 3.63) is 69.3 Å². The fourth-order valence-electron chi connectivity index (χ4n) is 5.15. The summed E-state index contributed by atoms with van der Waals surface area (Å²) in [6.45, 7) is 5.87. The number of fused-ring (bicyclic) bond motifs is 1. The van der Waals surface area contributed by atoms with Crippen molar-refractivity contribution in [3.63, 3.8) is 0 Å². The normalized spacial score (nSPS) is 18.2. The number of amides is 1. The molecule has 190 valence electrons. The average molecular weight is 501 g/mol. The van der Waals surface area contributed by atoms with Crippen molar-refractivity contribution in [2.75, 3.05) is 31.6 Å². The Morgan fingerprint density at radius 3 is 2.58 bits per heavy atom. The van der Waals surface area contributed by atoms with Crippen molar-refractivity contribution in [1.29, 1.82) is 0 Å². The first-order valence-electron chi connectivity index (χ1n) is 11.9. The summed E-state index contributed by atoms with van der Waals surface area (Å²) in [7, 11) is 0. The molecule has 0 bridgehead atoms. The standard InChI is InChI=1S/C26H27F3N4O3/c1-15(19-10-20-22(11-21(19)26(27,28)29)31-16(2)32-23(20)34)30-18-6-4-17(5-7-18)24(35)33-9-3-8-25(12-33)13-36-14-25/h4-7,10-11,15,30H,3,8-9,12-14H2,1-2H3,(H,31,32,34). The summed E-state index contributed by atoms with van der Waals surface area (Å²) in [6.07, 6.45) is -2.61. The number of nitrogens with zero attached hydrogens (tertiary/aromatic N) is 2. The van der Waals surface area contributed by atoms with Gasteiger partial charge in [0.2, 0.25) is 0 Å². The second-order valence-corrected chi connectivity index (χ2v) is 9.87. The van der Waals surface area contributed by atoms with Gasteiger partial charge in [0.05, 0.1) is 29.7 Å². The Bertz CT molecular complexity index is 1360. The van der Waals surface area contributed by atoms with E-state index in [4.69, 9.17) is 4.74 Å². The monoisotopic (exact) mass is 500 g/mol. The minimum atomic E-state index is -4.62. The van der Waals surface area contributed by atoms with Crippen LogP contribution in [0.1, 0.15) is 53.1 Å². The van der Waals surface area contributed by atoms with Gasteiger partial charge < -0.3 is 19.9 Å². The number of rotatable bonds is 4. The molecule has 2 aliphatic rings. The first-order chi connectivity index (χ1) is 17.0. The highest BCUT2D eigenvalue weighted by atomic mass is 19.4. The number of ether oxygens (including phenoxy) is 1. The van der Waals surface area contributed by atoms with E-state index in [2.05, 4.69) is 15.3 Å². The van der Waals surface area contributed by atoms with Gasteiger partial charge in [0.1, 0.15) is 5.82 Å². The van der Waals surface area contributed by atoms with E-state index in [9.17, 15) is 22.8 Å². The number of carbonyl (C=O) groups is 1. The fraction of sp³-hybridized carbons (Fsp3) is 0.423. The van der Waals surface area contributed by atoms with Crippen LogP contribution in [0.25, 0.3) is 10.9 Å². The van der Waals surface area contributed by atoms with Gasteiger partial charge >= 0.3 is 6.18 Å². The number of nitrogens with one attached hydrogen (secondary N) is 2. The quantitative estimate of drug-likeness (QED) is 0.544. The maximum atomic E-state index is 13.9. The topological polar surface area (TPSA) is 87.3 Å². The van der Waals surface area contributed by atoms with Gasteiger partial charge in [-0.2, -0.15) is 13.2 Å². The zero-order chi connectivity index (χ0) is 25.7. The Hall–Kier alpha value is -3.40. The summed E-state index contributed by atoms with van der Waals surface area (Å²) in [5, 5.41) is 3.16. The number of aromatic amines is 1. The van der Waals surface area contributed by atoms with Crippen LogP contribution in [0, 0.1) is 12.3 Å². The number of halogens is 3. The minimum Gasteiger partial charge on any atom is -0.380 e. The molecule has 0 saturated carbocycles. The molecule has 1 amide bonds. The lowest BCUT2D eigenvalue weighted by atomic mass is 9.78. The molecule has 1 spiro atoms. The number of likely N-dealkylation sites (tertiary alicyclic amines) is 1. The summed E-state index contributed by atoms with van der Waals surface area (Å²) < 4.78 is 47.0. The molecule has 2 fully saturated rings. The van der Waals surface area contributed by atoms with Crippen molar-refractivity contribution in [2.24, 2.45) is 5.41 Å². The van der Waals surface area contributed by atoms with Crippen LogP contribution in [0.4, 0.5) is 18.9 Å². The van der Waals surface area contributed by atoms with Gasteiger partial charge in [-0.05, 0) is 68.7 Å². The molecular formula is C26H27F3N4O3. The van der Waals surface area contributed by atoms with Gasteiger partial charge in [0.25, 0.3) is 11.5 Å². The van der Waals surface area contributed by atoms with E-state index in [0.717, 1.165) is 18.9 Å². The maximum absolute atomic E-state index is 13.9. The maximum Gasteiger partial charge on any atom is 0.416 e. The van der Waals surface area contributed by atoms with E-state index in [1.807, 2.05) is 4.90 Å². The third-order valence-electron chi connectivity index (χ3n) is 7.05. The van der Waals surface area contributed by atoms with Crippen molar-refractivity contribution >= 4 is 22.5 Å². The Labute approximate surface area is 205 Å². The number of aromatic nitrogens is 2. The van der Waals surface area contributed by atoms with Crippen molar-refractivity contribution < 1.29 is 22.7 Å². The van der Waals surface area contributed by atoms with Gasteiger partial charge in [-0.15, -0.1) is 0 Å². The third kappa shape index (κ3) is 4.57. The van der Waals surface area contributed by atoms with Crippen LogP contribution in [0.3, 0.4) is 0 Å². The van der Waals surface area contributed by atoms with Crippen molar-refractivity contribution in [2.45, 2.75) is 38.9 Å². The van der Waals surface area contributed by atoms with Crippen LogP contribution in [0.2, 0.25) is 0 Å². The smallest absolute Gasteiger partial charge is 0.380 e. The summed E-state index contributed by atoms with van der Waals surface area (Å²) in [5.74, 6) is 0.186. The molecule has 7 nitrogen and oxygen atoms in total. The number of hydrogen-bond donors (Lipinski definition) is 2. The molecular weight excluding hydrogens is 473 g/mol. The summed E-state index contributed by atoms with van der Waals surface area (Å²) in [6, 6.07) is 8.12. The number of alkyl halides is 3. The van der Waals surface area contributed by atoms with Crippen LogP contribution in [-0.2, 0) is 10.9 Å². The average Bonchev–Trinajstić information content (AvgIpc) is 2.82. The highest BCUT2D eigenvalue weighted by Gasteiger charge is 2.43. The molecule has 10 heteroatoms. The lowest BCUT2D eigenvalue weighted by Crippen LogP contribution is -2.55. The molecule has 3 heterocycles. The molecule has 2 aromatic carbocycles. The van der Waals surface area contributed by atoms with Crippen LogP contribution in [0.15, 0.2) is 41.2 Å². The van der Waals surface area contributed by atoms with Crippen molar-refractivity contribution in [3.8, 4) is 0 Å². The minimum absolute atomic E-state index is 0.00431. The van der Waals surface area contributed by atoms with Crippen LogP contribution in [-0.4, -0.2) is 47.1 Å². The molecule has 2 N–H and O–H groups in total. The zero-order valence-electron chi connectivity index (χ0n) is 20.0. The van der Waals surface area contributed by atoms with E-state index < -0.39 is 23.3 Å². The van der Waals surface area contributed by atoms with Gasteiger partial charge in [-0.25, -0.2) is 4.98 Å². The largest absolute Gasteiger partial charge is 0.416 e. The Kier molecular flexibility index (Phi) is 6.02. The van der Waals surface area contributed by atoms with Gasteiger partial charge in [0.15, 0.2) is 0 Å². The molecule has 1 atom stereocenters.